The number of hydrogen-bond acceptors (Lipinski definition) is 5. The minimum atomic E-state index is -0.346. The van der Waals surface area contributed by atoms with Crippen LogP contribution < -0.4 is 19.6 Å². The molecule has 0 radical (unpaired) electrons. The maximum Gasteiger partial charge on any atom is 0.271 e. The van der Waals surface area contributed by atoms with E-state index in [-0.39, 0.29) is 11.8 Å². The van der Waals surface area contributed by atoms with Crippen molar-refractivity contribution >= 4 is 12.1 Å². The lowest BCUT2D eigenvalue weighted by Crippen LogP contribution is -2.18. The summed E-state index contributed by atoms with van der Waals surface area (Å²) in [4.78, 5) is 12.0. The van der Waals surface area contributed by atoms with Crippen LogP contribution in [0.1, 0.15) is 24.2 Å². The number of amides is 1. The van der Waals surface area contributed by atoms with E-state index in [1.54, 1.807) is 18.3 Å². The van der Waals surface area contributed by atoms with Crippen molar-refractivity contribution in [1.82, 2.24) is 5.43 Å². The van der Waals surface area contributed by atoms with Gasteiger partial charge in [0.05, 0.1) is 21.3 Å². The first-order valence-electron chi connectivity index (χ1n) is 6.17. The van der Waals surface area contributed by atoms with Crippen LogP contribution in [0.5, 0.6) is 17.2 Å². The molecule has 0 spiro atoms. The maximum absolute atomic E-state index is 12.0. The molecule has 1 amide bonds. The van der Waals surface area contributed by atoms with E-state index in [4.69, 9.17) is 14.2 Å². The van der Waals surface area contributed by atoms with Gasteiger partial charge in [0, 0.05) is 11.8 Å². The van der Waals surface area contributed by atoms with Gasteiger partial charge >= 0.3 is 0 Å². The van der Waals surface area contributed by atoms with Crippen LogP contribution in [0.3, 0.4) is 0 Å². The first-order chi connectivity index (χ1) is 9.53. The third-order valence-electron chi connectivity index (χ3n) is 2.47. The van der Waals surface area contributed by atoms with Crippen LogP contribution in [0.15, 0.2) is 17.2 Å². The Morgan fingerprint density at radius 2 is 1.70 bits per heavy atom. The molecule has 0 fully saturated rings. The van der Waals surface area contributed by atoms with E-state index in [1.165, 1.54) is 21.3 Å². The fourth-order valence-electron chi connectivity index (χ4n) is 1.52. The van der Waals surface area contributed by atoms with Gasteiger partial charge in [-0.1, -0.05) is 13.8 Å². The van der Waals surface area contributed by atoms with Gasteiger partial charge in [0.2, 0.25) is 5.75 Å². The van der Waals surface area contributed by atoms with Crippen LogP contribution in [0, 0.1) is 5.92 Å². The van der Waals surface area contributed by atoms with Gasteiger partial charge in [0.15, 0.2) is 11.5 Å². The van der Waals surface area contributed by atoms with Crippen molar-refractivity contribution in [3.05, 3.63) is 17.7 Å². The fraction of sp³-hybridized carbons (Fsp3) is 0.429. The lowest BCUT2D eigenvalue weighted by atomic mass is 10.1. The molecule has 20 heavy (non-hydrogen) atoms. The van der Waals surface area contributed by atoms with Gasteiger partial charge in [0.1, 0.15) is 0 Å². The smallest absolute Gasteiger partial charge is 0.271 e. The van der Waals surface area contributed by atoms with E-state index in [2.05, 4.69) is 10.5 Å². The molecule has 110 valence electrons. The van der Waals surface area contributed by atoms with E-state index >= 15 is 0 Å². The van der Waals surface area contributed by atoms with Crippen molar-refractivity contribution in [3.63, 3.8) is 0 Å². The van der Waals surface area contributed by atoms with Gasteiger partial charge in [-0.3, -0.25) is 4.79 Å². The van der Waals surface area contributed by atoms with Crippen molar-refractivity contribution in [2.24, 2.45) is 11.0 Å². The molecule has 1 aromatic carbocycles. The Bertz CT molecular complexity index is 473. The molecule has 0 aliphatic rings. The molecule has 0 aliphatic carbocycles. The number of ether oxygens (including phenoxy) is 3. The zero-order chi connectivity index (χ0) is 15.1. The second kappa shape index (κ2) is 7.37. The van der Waals surface area contributed by atoms with E-state index in [9.17, 15) is 4.79 Å². The molecule has 6 heteroatoms. The number of hydrogen-bond donors (Lipinski definition) is 1. The van der Waals surface area contributed by atoms with Gasteiger partial charge in [0.25, 0.3) is 5.91 Å². The molecule has 0 saturated carbocycles. The van der Waals surface area contributed by atoms with E-state index in [0.717, 1.165) is 0 Å². The zero-order valence-corrected chi connectivity index (χ0v) is 12.4. The highest BCUT2D eigenvalue weighted by molar-refractivity contribution is 5.95. The average molecular weight is 280 g/mol. The minimum Gasteiger partial charge on any atom is -0.493 e. The van der Waals surface area contributed by atoms with Gasteiger partial charge in [-0.15, -0.1) is 0 Å². The zero-order valence-electron chi connectivity index (χ0n) is 12.4. The average Bonchev–Trinajstić information content (AvgIpc) is 2.44. The summed E-state index contributed by atoms with van der Waals surface area (Å²) in [6.07, 6.45) is 1.65. The first kappa shape index (κ1) is 15.8. The quantitative estimate of drug-likeness (QED) is 0.640. The lowest BCUT2D eigenvalue weighted by molar-refractivity contribution is 0.0954. The first-order valence-corrected chi connectivity index (χ1v) is 6.17. The van der Waals surface area contributed by atoms with Crippen molar-refractivity contribution < 1.29 is 19.0 Å². The highest BCUT2D eigenvalue weighted by Gasteiger charge is 2.16. The van der Waals surface area contributed by atoms with E-state index in [1.807, 2.05) is 13.8 Å². The van der Waals surface area contributed by atoms with Crippen LogP contribution in [-0.2, 0) is 0 Å². The van der Waals surface area contributed by atoms with Gasteiger partial charge in [-0.2, -0.15) is 5.10 Å². The van der Waals surface area contributed by atoms with Crippen molar-refractivity contribution in [2.45, 2.75) is 13.8 Å². The Kier molecular flexibility index (Phi) is 5.83. The SMILES string of the molecule is COc1cc(C(=O)N/N=C/C(C)C)cc(OC)c1OC. The molecule has 0 aromatic heterocycles. The number of methoxy groups -OCH3 is 3. The van der Waals surface area contributed by atoms with Crippen molar-refractivity contribution in [1.29, 1.82) is 0 Å². The predicted octanol–water partition coefficient (Wildman–Crippen LogP) is 2.08. The topological polar surface area (TPSA) is 69.2 Å². The number of benzene rings is 1. The van der Waals surface area contributed by atoms with Crippen LogP contribution in [-0.4, -0.2) is 33.5 Å². The van der Waals surface area contributed by atoms with Crippen LogP contribution in [0.25, 0.3) is 0 Å². The monoisotopic (exact) mass is 280 g/mol. The summed E-state index contributed by atoms with van der Waals surface area (Å²) in [5, 5.41) is 3.86. The molecular weight excluding hydrogens is 260 g/mol. The molecule has 1 aromatic rings. The Hall–Kier alpha value is -2.24. The normalized spacial score (nSPS) is 10.7. The molecule has 1 N–H and O–H groups in total. The van der Waals surface area contributed by atoms with Crippen LogP contribution in [0.4, 0.5) is 0 Å². The van der Waals surface area contributed by atoms with Crippen molar-refractivity contribution in [2.75, 3.05) is 21.3 Å². The second-order valence-electron chi connectivity index (χ2n) is 4.38. The molecule has 0 unspecified atom stereocenters. The molecule has 0 heterocycles. The molecule has 0 bridgehead atoms. The summed E-state index contributed by atoms with van der Waals surface area (Å²) in [5.41, 5.74) is 2.82. The Balaban J connectivity index is 3.03. The molecule has 0 atom stereocenters. The van der Waals surface area contributed by atoms with Gasteiger partial charge in [-0.05, 0) is 18.1 Å². The summed E-state index contributed by atoms with van der Waals surface area (Å²) in [5.74, 6) is 1.20. The molecular formula is C14H20N2O4. The van der Waals surface area contributed by atoms with Gasteiger partial charge < -0.3 is 14.2 Å². The van der Waals surface area contributed by atoms with Gasteiger partial charge in [-0.25, -0.2) is 5.43 Å². The largest absolute Gasteiger partial charge is 0.493 e. The lowest BCUT2D eigenvalue weighted by Gasteiger charge is -2.13. The Morgan fingerprint density at radius 1 is 1.15 bits per heavy atom. The predicted molar refractivity (Wildman–Crippen MR) is 76.9 cm³/mol. The third-order valence-corrected chi connectivity index (χ3v) is 2.47. The molecule has 1 rings (SSSR count). The number of hydrazone groups is 1. The summed E-state index contributed by atoms with van der Waals surface area (Å²) in [7, 11) is 4.50. The number of carbonyl (C=O) groups is 1. The summed E-state index contributed by atoms with van der Waals surface area (Å²) < 4.78 is 15.6. The van der Waals surface area contributed by atoms with Crippen LogP contribution >= 0.6 is 0 Å². The van der Waals surface area contributed by atoms with Crippen molar-refractivity contribution in [3.8, 4) is 17.2 Å². The molecule has 0 aliphatic heterocycles. The number of nitrogens with zero attached hydrogens (tertiary/aromatic N) is 1. The second-order valence-corrected chi connectivity index (χ2v) is 4.38. The standard InChI is InChI=1S/C14H20N2O4/c1-9(2)8-15-16-14(17)10-6-11(18-3)13(20-5)12(7-10)19-4/h6-9H,1-5H3,(H,16,17)/b15-8+. The van der Waals surface area contributed by atoms with E-state index < -0.39 is 0 Å². The number of carbonyl (C=O) groups excluding carboxylic acids is 1. The Morgan fingerprint density at radius 3 is 2.10 bits per heavy atom. The summed E-state index contributed by atoms with van der Waals surface area (Å²) in [6, 6.07) is 3.14. The third kappa shape index (κ3) is 3.88. The van der Waals surface area contributed by atoms with Crippen LogP contribution in [0.2, 0.25) is 0 Å². The number of nitrogens with one attached hydrogen (secondary N) is 1. The summed E-state index contributed by atoms with van der Waals surface area (Å²) >= 11 is 0. The highest BCUT2D eigenvalue weighted by atomic mass is 16.5. The molecule has 6 nitrogen and oxygen atoms in total. The number of rotatable bonds is 6. The highest BCUT2D eigenvalue weighted by Crippen LogP contribution is 2.38. The fourth-order valence-corrected chi connectivity index (χ4v) is 1.52. The minimum absolute atomic E-state index is 0.259. The summed E-state index contributed by atoms with van der Waals surface area (Å²) in [6.45, 7) is 3.93. The van der Waals surface area contributed by atoms with E-state index in [0.29, 0.717) is 22.8 Å². The Labute approximate surface area is 118 Å². The maximum atomic E-state index is 12.0. The molecule has 0 saturated heterocycles.